The Bertz CT molecular complexity index is 1040. The van der Waals surface area contributed by atoms with Gasteiger partial charge in [-0.3, -0.25) is 9.59 Å². The smallest absolute Gasteiger partial charge is 0.254 e. The molecule has 2 N–H and O–H groups in total. The van der Waals surface area contributed by atoms with Gasteiger partial charge in [0.15, 0.2) is 0 Å². The van der Waals surface area contributed by atoms with Crippen molar-refractivity contribution in [3.63, 3.8) is 0 Å². The van der Waals surface area contributed by atoms with E-state index in [9.17, 15) is 19.1 Å². The third-order valence-corrected chi connectivity index (χ3v) is 7.16. The lowest BCUT2D eigenvalue weighted by molar-refractivity contribution is -0.151. The fraction of sp³-hybridized carbons (Fsp3) is 0.481. The molecule has 2 amide bonds. The molecule has 0 unspecified atom stereocenters. The summed E-state index contributed by atoms with van der Waals surface area (Å²) in [5.74, 6) is -0.724. The van der Waals surface area contributed by atoms with Crippen molar-refractivity contribution >= 4 is 11.8 Å². The molecular weight excluding hydrogens is 451 g/mol. The molecular formula is C27H31FN2O5. The number of β-amino-alcohol motifs (C(OH)–C–C–N with tert-alkyl or cyclic N) is 1. The lowest BCUT2D eigenvalue weighted by Crippen LogP contribution is -2.57. The molecule has 4 atom stereocenters. The molecule has 186 valence electrons. The van der Waals surface area contributed by atoms with Gasteiger partial charge in [0.25, 0.3) is 5.91 Å². The van der Waals surface area contributed by atoms with Crippen molar-refractivity contribution in [2.24, 2.45) is 0 Å². The van der Waals surface area contributed by atoms with E-state index < -0.39 is 18.0 Å². The van der Waals surface area contributed by atoms with Gasteiger partial charge in [0.1, 0.15) is 11.9 Å². The Morgan fingerprint density at radius 3 is 2.46 bits per heavy atom. The van der Waals surface area contributed by atoms with Crippen LogP contribution in [0.5, 0.6) is 0 Å². The molecule has 7 nitrogen and oxygen atoms in total. The molecule has 1 aliphatic carbocycles. The zero-order valence-electron chi connectivity index (χ0n) is 19.6. The number of nitrogens with one attached hydrogen (secondary N) is 1. The molecule has 35 heavy (non-hydrogen) atoms. The summed E-state index contributed by atoms with van der Waals surface area (Å²) in [6, 6.07) is 13.5. The van der Waals surface area contributed by atoms with Crippen molar-refractivity contribution in [2.75, 3.05) is 19.8 Å². The van der Waals surface area contributed by atoms with Crippen molar-refractivity contribution in [3.8, 4) is 0 Å². The molecule has 2 aliphatic heterocycles. The molecule has 0 spiro atoms. The number of ether oxygens (including phenoxy) is 2. The van der Waals surface area contributed by atoms with Gasteiger partial charge in [-0.2, -0.15) is 0 Å². The van der Waals surface area contributed by atoms with Crippen LogP contribution >= 0.6 is 0 Å². The number of carbonyl (C=O) groups is 2. The lowest BCUT2D eigenvalue weighted by Gasteiger charge is -2.44. The summed E-state index contributed by atoms with van der Waals surface area (Å²) >= 11 is 0. The number of aliphatic hydroxyl groups excluding tert-OH is 1. The van der Waals surface area contributed by atoms with Crippen LogP contribution in [0.2, 0.25) is 0 Å². The number of nitrogens with zero attached hydrogens (tertiary/aromatic N) is 1. The Kier molecular flexibility index (Phi) is 7.13. The quantitative estimate of drug-likeness (QED) is 0.698. The lowest BCUT2D eigenvalue weighted by atomic mass is 9.94. The zero-order valence-corrected chi connectivity index (χ0v) is 19.6. The minimum absolute atomic E-state index is 0.0346. The van der Waals surface area contributed by atoms with Crippen molar-refractivity contribution in [2.45, 2.75) is 62.5 Å². The fourth-order valence-corrected chi connectivity index (χ4v) is 5.49. The Labute approximate surface area is 204 Å². The normalized spacial score (nSPS) is 26.9. The van der Waals surface area contributed by atoms with Crippen molar-refractivity contribution in [3.05, 3.63) is 71.0 Å². The summed E-state index contributed by atoms with van der Waals surface area (Å²) in [7, 11) is 0. The fourth-order valence-electron chi connectivity index (χ4n) is 5.49. The average molecular weight is 483 g/mol. The summed E-state index contributed by atoms with van der Waals surface area (Å²) in [6.45, 7) is 0.423. The van der Waals surface area contributed by atoms with Gasteiger partial charge in [0, 0.05) is 18.2 Å². The van der Waals surface area contributed by atoms with Crippen molar-refractivity contribution < 1.29 is 28.6 Å². The predicted molar refractivity (Wildman–Crippen MR) is 126 cm³/mol. The second-order valence-electron chi connectivity index (χ2n) is 9.74. The van der Waals surface area contributed by atoms with E-state index in [-0.39, 0.29) is 56.2 Å². The minimum Gasteiger partial charge on any atom is -0.389 e. The summed E-state index contributed by atoms with van der Waals surface area (Å²) in [6.07, 6.45) is 1.68. The number of halogens is 1. The van der Waals surface area contributed by atoms with Crippen LogP contribution < -0.4 is 5.32 Å². The summed E-state index contributed by atoms with van der Waals surface area (Å²) in [5.41, 5.74) is 2.93. The van der Waals surface area contributed by atoms with Gasteiger partial charge in [-0.1, -0.05) is 24.3 Å². The molecule has 8 heteroatoms. The monoisotopic (exact) mass is 482 g/mol. The molecule has 2 aromatic rings. The van der Waals surface area contributed by atoms with Gasteiger partial charge >= 0.3 is 0 Å². The third-order valence-electron chi connectivity index (χ3n) is 7.16. The van der Waals surface area contributed by atoms with E-state index in [1.54, 1.807) is 4.90 Å². The van der Waals surface area contributed by atoms with Gasteiger partial charge in [-0.15, -0.1) is 0 Å². The molecule has 3 aliphatic rings. The Balaban J connectivity index is 1.21. The molecule has 0 radical (unpaired) electrons. The number of amides is 2. The average Bonchev–Trinajstić information content (AvgIpc) is 3.24. The van der Waals surface area contributed by atoms with Gasteiger partial charge in [0.05, 0.1) is 37.9 Å². The highest BCUT2D eigenvalue weighted by atomic mass is 19.1. The molecule has 2 fully saturated rings. The molecule has 2 aromatic carbocycles. The third kappa shape index (κ3) is 5.55. The zero-order chi connectivity index (χ0) is 24.4. The van der Waals surface area contributed by atoms with Crippen LogP contribution in [-0.4, -0.2) is 72.0 Å². The topological polar surface area (TPSA) is 88.1 Å². The van der Waals surface area contributed by atoms with Gasteiger partial charge in [-0.05, 0) is 61.1 Å². The first-order valence-corrected chi connectivity index (χ1v) is 12.3. The van der Waals surface area contributed by atoms with Crippen LogP contribution in [0.3, 0.4) is 0 Å². The van der Waals surface area contributed by atoms with Gasteiger partial charge in [-0.25, -0.2) is 4.39 Å². The Hall–Kier alpha value is -2.81. The number of hydrogen-bond donors (Lipinski definition) is 2. The summed E-state index contributed by atoms with van der Waals surface area (Å²) in [5, 5.41) is 13.5. The van der Waals surface area contributed by atoms with Crippen LogP contribution in [0.4, 0.5) is 4.39 Å². The van der Waals surface area contributed by atoms with Gasteiger partial charge in [0.2, 0.25) is 5.91 Å². The predicted octanol–water partition coefficient (Wildman–Crippen LogP) is 2.25. The summed E-state index contributed by atoms with van der Waals surface area (Å²) in [4.78, 5) is 27.7. The van der Waals surface area contributed by atoms with Crippen molar-refractivity contribution in [1.82, 2.24) is 10.2 Å². The molecule has 0 aromatic heterocycles. The summed E-state index contributed by atoms with van der Waals surface area (Å²) < 4.78 is 25.3. The number of rotatable bonds is 4. The highest BCUT2D eigenvalue weighted by Gasteiger charge is 2.40. The van der Waals surface area contributed by atoms with Crippen LogP contribution in [0.1, 0.15) is 40.7 Å². The van der Waals surface area contributed by atoms with E-state index in [0.717, 1.165) is 12.8 Å². The molecule has 5 rings (SSSR count). The first-order chi connectivity index (χ1) is 17.0. The standard InChI is InChI=1S/C27H31FN2O5/c28-20-7-5-17(6-8-20)27(33)30-14-22(31)15-34-16-25-24(30)10-9-23(35-25)13-26(32)29-21-11-18-3-1-2-4-19(18)12-21/h1-8,21-25,31H,9-16H2,(H,29,32)/t22-,23+,24-,25+/m1/s1. The maximum Gasteiger partial charge on any atom is 0.254 e. The molecule has 2 heterocycles. The first kappa shape index (κ1) is 23.9. The largest absolute Gasteiger partial charge is 0.389 e. The number of hydrogen-bond acceptors (Lipinski definition) is 5. The highest BCUT2D eigenvalue weighted by molar-refractivity contribution is 5.94. The van der Waals surface area contributed by atoms with Crippen molar-refractivity contribution in [1.29, 1.82) is 0 Å². The Morgan fingerprint density at radius 1 is 1.03 bits per heavy atom. The van der Waals surface area contributed by atoms with Crippen LogP contribution in [0, 0.1) is 5.82 Å². The van der Waals surface area contributed by atoms with E-state index in [4.69, 9.17) is 9.47 Å². The maximum atomic E-state index is 13.4. The van der Waals surface area contributed by atoms with E-state index >= 15 is 0 Å². The molecule has 2 saturated heterocycles. The van der Waals surface area contributed by atoms with Crippen LogP contribution in [-0.2, 0) is 27.1 Å². The van der Waals surface area contributed by atoms with Crippen LogP contribution in [0.15, 0.2) is 48.5 Å². The minimum atomic E-state index is -0.820. The Morgan fingerprint density at radius 2 is 1.74 bits per heavy atom. The second-order valence-corrected chi connectivity index (χ2v) is 9.74. The van der Waals surface area contributed by atoms with E-state index in [1.807, 2.05) is 12.1 Å². The molecule has 0 bridgehead atoms. The SMILES string of the molecule is O=C(C[C@@H]1CC[C@@H]2[C@H](COC[C@H](O)CN2C(=O)c2ccc(F)cc2)O1)NC1Cc2ccccc2C1. The number of benzene rings is 2. The number of aliphatic hydroxyl groups is 1. The second kappa shape index (κ2) is 10.4. The number of fused-ring (bicyclic) bond motifs is 2. The van der Waals surface area contributed by atoms with E-state index in [1.165, 1.54) is 35.4 Å². The molecule has 0 saturated carbocycles. The van der Waals surface area contributed by atoms with E-state index in [2.05, 4.69) is 17.4 Å². The number of carbonyl (C=O) groups excluding carboxylic acids is 2. The highest BCUT2D eigenvalue weighted by Crippen LogP contribution is 2.29. The first-order valence-electron chi connectivity index (χ1n) is 12.3. The maximum absolute atomic E-state index is 13.4. The van der Waals surface area contributed by atoms with Gasteiger partial charge < -0.3 is 24.8 Å². The van der Waals surface area contributed by atoms with E-state index in [0.29, 0.717) is 18.4 Å². The van der Waals surface area contributed by atoms with Crippen LogP contribution in [0.25, 0.3) is 0 Å².